The Morgan fingerprint density at radius 1 is 0.971 bits per heavy atom. The first-order valence-corrected chi connectivity index (χ1v) is 13.0. The van der Waals surface area contributed by atoms with Gasteiger partial charge in [-0.15, -0.1) is 0 Å². The minimum absolute atomic E-state index is 0.0437. The van der Waals surface area contributed by atoms with E-state index in [4.69, 9.17) is 0 Å². The Kier molecular flexibility index (Phi) is 6.26. The third kappa shape index (κ3) is 3.70. The predicted molar refractivity (Wildman–Crippen MR) is 128 cm³/mol. The zero-order valence-electron chi connectivity index (χ0n) is 21.7. The Hall–Kier alpha value is -0.870. The summed E-state index contributed by atoms with van der Waals surface area (Å²) in [6.07, 6.45) is 0.0884. The molecular weight excluding hydrogens is 452 g/mol. The third-order valence-electron chi connectivity index (χ3n) is 10.7. The maximum Gasteiger partial charge on any atom is 0.187 e. The van der Waals surface area contributed by atoms with E-state index in [-0.39, 0.29) is 25.2 Å². The molecule has 3 fully saturated rings. The van der Waals surface area contributed by atoms with Crippen LogP contribution in [0.5, 0.6) is 0 Å². The van der Waals surface area contributed by atoms with E-state index in [2.05, 4.69) is 0 Å². The average Bonchev–Trinajstić information content (AvgIpc) is 3.01. The number of aliphatic hydroxyl groups excluding tert-OH is 3. The second-order valence-electron chi connectivity index (χ2n) is 13.3. The van der Waals surface area contributed by atoms with Crippen molar-refractivity contribution < 1.29 is 40.5 Å². The van der Waals surface area contributed by atoms with E-state index in [1.54, 1.807) is 27.7 Å². The Bertz CT molecular complexity index is 907. The molecule has 0 aromatic heterocycles. The standard InChI is InChI=1S/C27H44O8/c1-22(2,32)9-8-20(30)25(5,33)19-7-11-26(34)16-12-21(31)27(35)14-18(29)17(28)13-24(27,4)15(16)6-10-23(19,26)3/h12,15,17-20,28-30,32-35H,6-11,13-14H2,1-5H3/t15-,17-,18-,19+,20+,23+,24-,25+,26+,27+/m0/s1. The molecule has 0 amide bonds. The summed E-state index contributed by atoms with van der Waals surface area (Å²) < 4.78 is 0. The van der Waals surface area contributed by atoms with Crippen molar-refractivity contribution >= 4 is 5.78 Å². The molecule has 8 nitrogen and oxygen atoms in total. The molecular formula is C27H44O8. The summed E-state index contributed by atoms with van der Waals surface area (Å²) in [4.78, 5) is 13.3. The smallest absolute Gasteiger partial charge is 0.187 e. The van der Waals surface area contributed by atoms with E-state index >= 15 is 0 Å². The molecule has 0 unspecified atom stereocenters. The number of rotatable bonds is 5. The molecule has 0 bridgehead atoms. The van der Waals surface area contributed by atoms with Crippen LogP contribution in [-0.4, -0.2) is 82.2 Å². The molecule has 35 heavy (non-hydrogen) atoms. The molecule has 0 radical (unpaired) electrons. The summed E-state index contributed by atoms with van der Waals surface area (Å²) in [6, 6.07) is 0. The molecule has 4 rings (SSSR count). The monoisotopic (exact) mass is 496 g/mol. The van der Waals surface area contributed by atoms with Gasteiger partial charge in [0.15, 0.2) is 5.78 Å². The molecule has 200 valence electrons. The van der Waals surface area contributed by atoms with Gasteiger partial charge >= 0.3 is 0 Å². The van der Waals surface area contributed by atoms with Gasteiger partial charge < -0.3 is 35.7 Å². The van der Waals surface area contributed by atoms with E-state index in [1.165, 1.54) is 6.08 Å². The minimum Gasteiger partial charge on any atom is -0.390 e. The fourth-order valence-electron chi connectivity index (χ4n) is 8.31. The lowest BCUT2D eigenvalue weighted by Gasteiger charge is -2.62. The van der Waals surface area contributed by atoms with Gasteiger partial charge in [0.05, 0.1) is 35.1 Å². The molecule has 0 aromatic rings. The summed E-state index contributed by atoms with van der Waals surface area (Å²) in [5.74, 6) is -1.38. The summed E-state index contributed by atoms with van der Waals surface area (Å²) >= 11 is 0. The maximum atomic E-state index is 13.3. The van der Waals surface area contributed by atoms with Gasteiger partial charge in [-0.25, -0.2) is 0 Å². The zero-order valence-corrected chi connectivity index (χ0v) is 21.7. The lowest BCUT2D eigenvalue weighted by molar-refractivity contribution is -0.211. The van der Waals surface area contributed by atoms with Crippen LogP contribution < -0.4 is 0 Å². The quantitative estimate of drug-likeness (QED) is 0.297. The molecule has 0 aromatic carbocycles. The molecule has 7 N–H and O–H groups in total. The van der Waals surface area contributed by atoms with Crippen molar-refractivity contribution in [3.8, 4) is 0 Å². The molecule has 3 saturated carbocycles. The van der Waals surface area contributed by atoms with Crippen molar-refractivity contribution in [1.82, 2.24) is 0 Å². The Morgan fingerprint density at radius 2 is 1.57 bits per heavy atom. The van der Waals surface area contributed by atoms with Crippen LogP contribution in [0.25, 0.3) is 0 Å². The normalized spacial score (nSPS) is 48.3. The number of ketones is 1. The Balaban J connectivity index is 1.70. The van der Waals surface area contributed by atoms with Gasteiger partial charge in [0.2, 0.25) is 0 Å². The van der Waals surface area contributed by atoms with Crippen LogP contribution in [0.15, 0.2) is 11.6 Å². The van der Waals surface area contributed by atoms with Crippen molar-refractivity contribution in [3.63, 3.8) is 0 Å². The van der Waals surface area contributed by atoms with Crippen molar-refractivity contribution in [1.29, 1.82) is 0 Å². The highest BCUT2D eigenvalue weighted by Gasteiger charge is 2.71. The van der Waals surface area contributed by atoms with Crippen LogP contribution in [0.4, 0.5) is 0 Å². The number of fused-ring (bicyclic) bond motifs is 5. The lowest BCUT2D eigenvalue weighted by atomic mass is 9.44. The molecule has 4 aliphatic rings. The predicted octanol–water partition coefficient (Wildman–Crippen LogP) is 0.969. The van der Waals surface area contributed by atoms with Gasteiger partial charge in [0.25, 0.3) is 0 Å². The number of hydrogen-bond acceptors (Lipinski definition) is 8. The van der Waals surface area contributed by atoms with E-state index < -0.39 is 63.2 Å². The van der Waals surface area contributed by atoms with Crippen LogP contribution in [0.1, 0.15) is 86.0 Å². The molecule has 4 aliphatic carbocycles. The van der Waals surface area contributed by atoms with Gasteiger partial charge in [-0.2, -0.15) is 0 Å². The number of carbonyl (C=O) groups excluding carboxylic acids is 1. The average molecular weight is 497 g/mol. The first kappa shape index (κ1) is 27.2. The lowest BCUT2D eigenvalue weighted by Crippen LogP contribution is -2.69. The van der Waals surface area contributed by atoms with Crippen molar-refractivity contribution in [2.45, 2.75) is 127 Å². The van der Waals surface area contributed by atoms with E-state index in [1.807, 2.05) is 6.92 Å². The molecule has 0 saturated heterocycles. The highest BCUT2D eigenvalue weighted by Crippen LogP contribution is 2.69. The van der Waals surface area contributed by atoms with E-state index in [0.29, 0.717) is 37.7 Å². The molecule has 0 heterocycles. The summed E-state index contributed by atoms with van der Waals surface area (Å²) in [6.45, 7) is 8.58. The van der Waals surface area contributed by atoms with Crippen LogP contribution in [0.3, 0.4) is 0 Å². The summed E-state index contributed by atoms with van der Waals surface area (Å²) in [5, 5.41) is 77.0. The molecule has 0 spiro atoms. The zero-order chi connectivity index (χ0) is 26.4. The fourth-order valence-corrected chi connectivity index (χ4v) is 8.31. The van der Waals surface area contributed by atoms with Crippen LogP contribution in [-0.2, 0) is 4.79 Å². The van der Waals surface area contributed by atoms with Gasteiger partial charge in [0.1, 0.15) is 5.60 Å². The maximum absolute atomic E-state index is 13.3. The van der Waals surface area contributed by atoms with Gasteiger partial charge in [-0.1, -0.05) is 13.8 Å². The highest BCUT2D eigenvalue weighted by atomic mass is 16.3. The first-order valence-electron chi connectivity index (χ1n) is 13.0. The van der Waals surface area contributed by atoms with E-state index in [9.17, 15) is 40.5 Å². The van der Waals surface area contributed by atoms with Gasteiger partial charge in [-0.3, -0.25) is 4.79 Å². The van der Waals surface area contributed by atoms with Crippen LogP contribution >= 0.6 is 0 Å². The molecule has 10 atom stereocenters. The first-order chi connectivity index (χ1) is 15.8. The number of carbonyl (C=O) groups is 1. The largest absolute Gasteiger partial charge is 0.390 e. The van der Waals surface area contributed by atoms with Crippen LogP contribution in [0, 0.1) is 22.7 Å². The third-order valence-corrected chi connectivity index (χ3v) is 10.7. The topological polar surface area (TPSA) is 159 Å². The highest BCUT2D eigenvalue weighted by molar-refractivity contribution is 6.00. The second-order valence-corrected chi connectivity index (χ2v) is 13.3. The Labute approximate surface area is 207 Å². The SMILES string of the molecule is CC(C)(O)CC[C@@H](O)[C@](C)(O)[C@@H]1CC[C@@]2(O)C3=CC(=O)[C@]4(O)C[C@H](O)[C@@H](O)C[C@@]4(C)[C@H]3CC[C@]12C. The van der Waals surface area contributed by atoms with Gasteiger partial charge in [0, 0.05) is 17.3 Å². The Morgan fingerprint density at radius 3 is 2.17 bits per heavy atom. The number of aliphatic hydroxyl groups is 7. The minimum atomic E-state index is -1.82. The summed E-state index contributed by atoms with van der Waals surface area (Å²) in [5.41, 5.74) is -7.07. The van der Waals surface area contributed by atoms with Gasteiger partial charge in [-0.05, 0) is 89.2 Å². The molecule has 8 heteroatoms. The van der Waals surface area contributed by atoms with Crippen molar-refractivity contribution in [3.05, 3.63) is 11.6 Å². The summed E-state index contributed by atoms with van der Waals surface area (Å²) in [7, 11) is 0. The number of hydrogen-bond donors (Lipinski definition) is 7. The van der Waals surface area contributed by atoms with Crippen LogP contribution in [0.2, 0.25) is 0 Å². The molecule has 0 aliphatic heterocycles. The van der Waals surface area contributed by atoms with Crippen molar-refractivity contribution in [2.75, 3.05) is 0 Å². The second kappa shape index (κ2) is 8.06. The fraction of sp³-hybridized carbons (Fsp3) is 0.889. The van der Waals surface area contributed by atoms with Crippen molar-refractivity contribution in [2.24, 2.45) is 22.7 Å². The van der Waals surface area contributed by atoms with E-state index in [0.717, 1.165) is 0 Å².